The summed E-state index contributed by atoms with van der Waals surface area (Å²) in [6.45, 7) is 0.768. The van der Waals surface area contributed by atoms with Crippen LogP contribution >= 0.6 is 0 Å². The van der Waals surface area contributed by atoms with Gasteiger partial charge in [-0.1, -0.05) is 121 Å². The lowest BCUT2D eigenvalue weighted by molar-refractivity contribution is -0.199. The average molecular weight is 979 g/mol. The molecule has 19 heteroatoms. The third-order valence-corrected chi connectivity index (χ3v) is 11.4. The van der Waals surface area contributed by atoms with Crippen LogP contribution in [0.3, 0.4) is 0 Å². The number of alkyl carbamates (subject to hydrolysis) is 1. The number of likely N-dealkylation sites (N-methyl/N-ethyl adjacent to an activating group) is 1. The van der Waals surface area contributed by atoms with Gasteiger partial charge in [-0.05, 0) is 60.8 Å². The van der Waals surface area contributed by atoms with Crippen molar-refractivity contribution in [3.8, 4) is 0 Å². The first kappa shape index (κ1) is 54.6. The van der Waals surface area contributed by atoms with Crippen LogP contribution in [0, 0.1) is 0 Å². The van der Waals surface area contributed by atoms with E-state index in [1.807, 2.05) is 97.1 Å². The van der Waals surface area contributed by atoms with E-state index in [1.54, 1.807) is 24.3 Å². The van der Waals surface area contributed by atoms with Crippen LogP contribution in [0.5, 0.6) is 0 Å². The van der Waals surface area contributed by atoms with Crippen LogP contribution < -0.4 is 27.0 Å². The number of hydrogen-bond donors (Lipinski definition) is 5. The van der Waals surface area contributed by atoms with Gasteiger partial charge in [-0.3, -0.25) is 38.5 Å². The van der Waals surface area contributed by atoms with Gasteiger partial charge in [0.05, 0.1) is 0 Å². The molecule has 0 spiro atoms. The smallest absolute Gasteiger partial charge is 0.410 e. The standard InChI is InChI=1S/C52H66N8O11/c1-58(52(67)69-36-40-19-8-3-9-20-40)45(27-16-33-59(70-37-41-21-10-4-11-22-41)47(62)29-32-54-46(61)28-30-53)49(64)56-43(25-14-31-55-51(66)68-35-39-17-6-2-7-18-39)48(63)57-44-26-15-34-60(50(44)65)71-38-42-23-12-5-13-24-42/h2-13,17-24,43-45H,14-16,25-38,53H2,1H3,(H,54,61)(H,55,66)(H,56,64)(H,57,63)/t43-,44-,45-/m0/s1. The molecule has 7 amide bonds. The van der Waals surface area contributed by atoms with E-state index in [4.69, 9.17) is 24.9 Å². The minimum Gasteiger partial charge on any atom is -0.445 e. The summed E-state index contributed by atoms with van der Waals surface area (Å²) in [5.74, 6) is -2.54. The predicted molar refractivity (Wildman–Crippen MR) is 262 cm³/mol. The van der Waals surface area contributed by atoms with E-state index < -0.39 is 53.9 Å². The Morgan fingerprint density at radius 2 is 1.27 bits per heavy atom. The molecule has 1 aliphatic heterocycles. The van der Waals surface area contributed by atoms with Crippen molar-refractivity contribution >= 4 is 41.7 Å². The molecule has 71 heavy (non-hydrogen) atoms. The summed E-state index contributed by atoms with van der Waals surface area (Å²) >= 11 is 0. The van der Waals surface area contributed by atoms with Gasteiger partial charge < -0.3 is 36.5 Å². The fraction of sp³-hybridized carbons (Fsp3) is 0.404. The maximum absolute atomic E-state index is 14.6. The largest absolute Gasteiger partial charge is 0.445 e. The van der Waals surface area contributed by atoms with Gasteiger partial charge >= 0.3 is 12.2 Å². The fourth-order valence-corrected chi connectivity index (χ4v) is 7.43. The van der Waals surface area contributed by atoms with Gasteiger partial charge in [0.1, 0.15) is 44.6 Å². The van der Waals surface area contributed by atoms with Gasteiger partial charge in [0.15, 0.2) is 0 Å². The highest BCUT2D eigenvalue weighted by Crippen LogP contribution is 2.17. The van der Waals surface area contributed by atoms with Crippen molar-refractivity contribution in [2.75, 3.05) is 39.8 Å². The molecule has 0 aliphatic carbocycles. The molecule has 4 aromatic carbocycles. The highest BCUT2D eigenvalue weighted by atomic mass is 16.7. The molecule has 3 atom stereocenters. The molecule has 6 N–H and O–H groups in total. The fourth-order valence-electron chi connectivity index (χ4n) is 7.43. The molecule has 4 aromatic rings. The van der Waals surface area contributed by atoms with Crippen LogP contribution in [0.15, 0.2) is 121 Å². The minimum atomic E-state index is -1.24. The van der Waals surface area contributed by atoms with Crippen molar-refractivity contribution < 1.29 is 52.7 Å². The number of amides is 7. The van der Waals surface area contributed by atoms with E-state index in [0.717, 1.165) is 27.2 Å². The van der Waals surface area contributed by atoms with Crippen molar-refractivity contribution in [1.29, 1.82) is 0 Å². The molecule has 1 heterocycles. The molecule has 380 valence electrons. The maximum Gasteiger partial charge on any atom is 0.410 e. The molecule has 19 nitrogen and oxygen atoms in total. The van der Waals surface area contributed by atoms with Crippen molar-refractivity contribution in [2.24, 2.45) is 5.73 Å². The van der Waals surface area contributed by atoms with Crippen LogP contribution in [-0.4, -0.2) is 115 Å². The van der Waals surface area contributed by atoms with Crippen LogP contribution in [-0.2, 0) is 69.5 Å². The lowest BCUT2D eigenvalue weighted by Gasteiger charge is -2.33. The zero-order valence-corrected chi connectivity index (χ0v) is 40.2. The van der Waals surface area contributed by atoms with Crippen LogP contribution in [0.2, 0.25) is 0 Å². The zero-order valence-electron chi connectivity index (χ0n) is 40.2. The monoisotopic (exact) mass is 978 g/mol. The molecular formula is C52H66N8O11. The Morgan fingerprint density at radius 1 is 0.690 bits per heavy atom. The summed E-state index contributed by atoms with van der Waals surface area (Å²) in [5.41, 5.74) is 8.67. The summed E-state index contributed by atoms with van der Waals surface area (Å²) < 4.78 is 11.0. The normalized spacial score (nSPS) is 14.0. The number of rotatable bonds is 28. The molecule has 1 fully saturated rings. The van der Waals surface area contributed by atoms with E-state index in [1.165, 1.54) is 17.2 Å². The molecular weight excluding hydrogens is 913 g/mol. The molecule has 0 radical (unpaired) electrons. The maximum atomic E-state index is 14.6. The number of piperidine rings is 1. The van der Waals surface area contributed by atoms with Gasteiger partial charge in [0.25, 0.3) is 5.91 Å². The Balaban J connectivity index is 1.30. The molecule has 1 saturated heterocycles. The average Bonchev–Trinajstić information content (AvgIpc) is 3.39. The van der Waals surface area contributed by atoms with Crippen LogP contribution in [0.1, 0.15) is 73.6 Å². The third kappa shape index (κ3) is 19.5. The molecule has 5 rings (SSSR count). The minimum absolute atomic E-state index is 0.0119. The van der Waals surface area contributed by atoms with Gasteiger partial charge in [-0.25, -0.2) is 19.7 Å². The Bertz CT molecular complexity index is 2280. The molecule has 0 aromatic heterocycles. The number of nitrogens with one attached hydrogen (secondary N) is 4. The summed E-state index contributed by atoms with van der Waals surface area (Å²) in [6, 6.07) is 33.3. The van der Waals surface area contributed by atoms with Crippen molar-refractivity contribution in [3.63, 3.8) is 0 Å². The van der Waals surface area contributed by atoms with Gasteiger partial charge in [0.2, 0.25) is 23.6 Å². The molecule has 0 bridgehead atoms. The second kappa shape index (κ2) is 30.3. The summed E-state index contributed by atoms with van der Waals surface area (Å²) in [5, 5.41) is 13.4. The van der Waals surface area contributed by atoms with Gasteiger partial charge in [-0.15, -0.1) is 0 Å². The highest BCUT2D eigenvalue weighted by molar-refractivity contribution is 5.94. The van der Waals surface area contributed by atoms with Crippen molar-refractivity contribution in [3.05, 3.63) is 144 Å². The van der Waals surface area contributed by atoms with E-state index in [0.29, 0.717) is 19.4 Å². The Kier molecular flexibility index (Phi) is 23.3. The van der Waals surface area contributed by atoms with E-state index in [2.05, 4.69) is 21.3 Å². The number of hydroxylamine groups is 4. The summed E-state index contributed by atoms with van der Waals surface area (Å²) in [4.78, 5) is 107. The quantitative estimate of drug-likeness (QED) is 0.0386. The molecule has 0 saturated carbocycles. The number of benzene rings is 4. The lowest BCUT2D eigenvalue weighted by atomic mass is 10.0. The first-order valence-corrected chi connectivity index (χ1v) is 23.9. The second-order valence-electron chi connectivity index (χ2n) is 16.8. The number of hydrogen-bond acceptors (Lipinski definition) is 12. The number of carbonyl (C=O) groups excluding carboxylic acids is 7. The Labute approximate surface area is 414 Å². The first-order chi connectivity index (χ1) is 34.5. The van der Waals surface area contributed by atoms with Crippen LogP contribution in [0.25, 0.3) is 0 Å². The van der Waals surface area contributed by atoms with E-state index >= 15 is 0 Å². The highest BCUT2D eigenvalue weighted by Gasteiger charge is 2.35. The van der Waals surface area contributed by atoms with Crippen molar-refractivity contribution in [1.82, 2.24) is 36.3 Å². The van der Waals surface area contributed by atoms with Gasteiger partial charge in [-0.2, -0.15) is 0 Å². The van der Waals surface area contributed by atoms with Crippen LogP contribution in [0.4, 0.5) is 9.59 Å². The molecule has 0 unspecified atom stereocenters. The number of nitrogens with two attached hydrogens (primary N) is 1. The topological polar surface area (TPSA) is 240 Å². The summed E-state index contributed by atoms with van der Waals surface area (Å²) in [7, 11) is 1.40. The number of nitrogens with zero attached hydrogens (tertiary/aromatic N) is 3. The Morgan fingerprint density at radius 3 is 1.87 bits per heavy atom. The summed E-state index contributed by atoms with van der Waals surface area (Å²) in [6.07, 6.45) is -0.285. The lowest BCUT2D eigenvalue weighted by Crippen LogP contribution is -2.58. The van der Waals surface area contributed by atoms with Gasteiger partial charge in [0, 0.05) is 52.6 Å². The van der Waals surface area contributed by atoms with E-state index in [-0.39, 0.29) is 97.0 Å². The SMILES string of the molecule is CN(C(=O)OCc1ccccc1)[C@@H](CCCN(OCc1ccccc1)C(=O)CCNC(=O)CCN)C(=O)N[C@@H](CCCNC(=O)OCc1ccccc1)C(=O)N[C@H]1CCCN(OCc2ccccc2)C1=O. The Hall–Kier alpha value is -7.35. The third-order valence-electron chi connectivity index (χ3n) is 11.4. The first-order valence-electron chi connectivity index (χ1n) is 23.9. The molecule has 1 aliphatic rings. The predicted octanol–water partition coefficient (Wildman–Crippen LogP) is 4.65. The van der Waals surface area contributed by atoms with Crippen molar-refractivity contribution in [2.45, 2.75) is 95.9 Å². The number of carbonyl (C=O) groups is 7. The zero-order chi connectivity index (χ0) is 50.6. The second-order valence-corrected chi connectivity index (χ2v) is 16.8. The number of ether oxygens (including phenoxy) is 2. The van der Waals surface area contributed by atoms with E-state index in [9.17, 15) is 33.6 Å².